The zero-order chi connectivity index (χ0) is 13.7. The predicted octanol–water partition coefficient (Wildman–Crippen LogP) is 2.59. The molecule has 1 heterocycles. The summed E-state index contributed by atoms with van der Waals surface area (Å²) in [6, 6.07) is 7.60. The third-order valence-electron chi connectivity index (χ3n) is 3.04. The molecule has 0 saturated heterocycles. The SMILES string of the molecule is CCN(CC)Cc1nnc(-c2cccc(OC)c2)o1. The Morgan fingerprint density at radius 1 is 1.21 bits per heavy atom. The van der Waals surface area contributed by atoms with Gasteiger partial charge in [-0.15, -0.1) is 10.2 Å². The van der Waals surface area contributed by atoms with E-state index in [1.165, 1.54) is 0 Å². The van der Waals surface area contributed by atoms with E-state index in [4.69, 9.17) is 9.15 Å². The normalized spacial score (nSPS) is 10.9. The largest absolute Gasteiger partial charge is 0.497 e. The van der Waals surface area contributed by atoms with Crippen LogP contribution in [0.25, 0.3) is 11.5 Å². The Labute approximate surface area is 113 Å². The summed E-state index contributed by atoms with van der Waals surface area (Å²) < 4.78 is 10.9. The smallest absolute Gasteiger partial charge is 0.247 e. The van der Waals surface area contributed by atoms with Crippen molar-refractivity contribution in [1.29, 1.82) is 0 Å². The van der Waals surface area contributed by atoms with Crippen LogP contribution >= 0.6 is 0 Å². The molecule has 0 radical (unpaired) electrons. The molecule has 0 aliphatic heterocycles. The van der Waals surface area contributed by atoms with Gasteiger partial charge in [0.1, 0.15) is 5.75 Å². The molecule has 0 unspecified atom stereocenters. The van der Waals surface area contributed by atoms with Crippen molar-refractivity contribution in [2.45, 2.75) is 20.4 Å². The van der Waals surface area contributed by atoms with E-state index in [-0.39, 0.29) is 0 Å². The molecular weight excluding hydrogens is 242 g/mol. The van der Waals surface area contributed by atoms with Gasteiger partial charge in [-0.3, -0.25) is 4.90 Å². The van der Waals surface area contributed by atoms with E-state index in [1.54, 1.807) is 7.11 Å². The summed E-state index contributed by atoms with van der Waals surface area (Å²) in [6.45, 7) is 6.84. The standard InChI is InChI=1S/C14H19N3O2/c1-4-17(5-2)10-13-15-16-14(19-13)11-7-6-8-12(9-11)18-3/h6-9H,4-5,10H2,1-3H3. The second-order valence-corrected chi connectivity index (χ2v) is 4.19. The van der Waals surface area contributed by atoms with E-state index in [0.717, 1.165) is 24.4 Å². The van der Waals surface area contributed by atoms with Crippen molar-refractivity contribution in [2.75, 3.05) is 20.2 Å². The minimum Gasteiger partial charge on any atom is -0.497 e. The Morgan fingerprint density at radius 3 is 2.68 bits per heavy atom. The first kappa shape index (κ1) is 13.5. The van der Waals surface area contributed by atoms with Crippen LogP contribution in [-0.4, -0.2) is 35.3 Å². The Morgan fingerprint density at radius 2 is 2.00 bits per heavy atom. The van der Waals surface area contributed by atoms with E-state index in [0.29, 0.717) is 18.3 Å². The zero-order valence-electron chi connectivity index (χ0n) is 11.6. The third-order valence-corrected chi connectivity index (χ3v) is 3.04. The summed E-state index contributed by atoms with van der Waals surface area (Å²) >= 11 is 0. The Kier molecular flexibility index (Phi) is 4.52. The van der Waals surface area contributed by atoms with Gasteiger partial charge in [-0.2, -0.15) is 0 Å². The highest BCUT2D eigenvalue weighted by molar-refractivity contribution is 5.55. The fraction of sp³-hybridized carbons (Fsp3) is 0.429. The topological polar surface area (TPSA) is 51.4 Å². The zero-order valence-corrected chi connectivity index (χ0v) is 11.6. The Hall–Kier alpha value is -1.88. The number of benzene rings is 1. The van der Waals surface area contributed by atoms with Crippen LogP contribution in [0.5, 0.6) is 5.75 Å². The number of methoxy groups -OCH3 is 1. The van der Waals surface area contributed by atoms with Crippen LogP contribution < -0.4 is 4.74 Å². The molecule has 19 heavy (non-hydrogen) atoms. The second-order valence-electron chi connectivity index (χ2n) is 4.19. The predicted molar refractivity (Wildman–Crippen MR) is 72.9 cm³/mol. The van der Waals surface area contributed by atoms with Crippen molar-refractivity contribution in [3.63, 3.8) is 0 Å². The van der Waals surface area contributed by atoms with E-state index in [2.05, 4.69) is 28.9 Å². The van der Waals surface area contributed by atoms with Gasteiger partial charge in [0, 0.05) is 5.56 Å². The van der Waals surface area contributed by atoms with Gasteiger partial charge in [-0.1, -0.05) is 19.9 Å². The molecule has 0 aliphatic rings. The second kappa shape index (κ2) is 6.33. The molecular formula is C14H19N3O2. The highest BCUT2D eigenvalue weighted by Crippen LogP contribution is 2.22. The maximum Gasteiger partial charge on any atom is 0.247 e. The van der Waals surface area contributed by atoms with Crippen molar-refractivity contribution in [2.24, 2.45) is 0 Å². The number of nitrogens with zero attached hydrogens (tertiary/aromatic N) is 3. The molecule has 0 saturated carbocycles. The lowest BCUT2D eigenvalue weighted by atomic mass is 10.2. The van der Waals surface area contributed by atoms with Crippen LogP contribution in [0.15, 0.2) is 28.7 Å². The Balaban J connectivity index is 2.15. The van der Waals surface area contributed by atoms with Crippen molar-refractivity contribution < 1.29 is 9.15 Å². The molecule has 0 bridgehead atoms. The fourth-order valence-corrected chi connectivity index (χ4v) is 1.83. The van der Waals surface area contributed by atoms with Crippen LogP contribution in [-0.2, 0) is 6.54 Å². The maximum absolute atomic E-state index is 5.68. The quantitative estimate of drug-likeness (QED) is 0.800. The summed E-state index contributed by atoms with van der Waals surface area (Å²) in [5.41, 5.74) is 0.873. The lowest BCUT2D eigenvalue weighted by Crippen LogP contribution is -2.22. The molecule has 102 valence electrons. The van der Waals surface area contributed by atoms with Crippen LogP contribution in [0.1, 0.15) is 19.7 Å². The number of hydrogen-bond acceptors (Lipinski definition) is 5. The molecule has 0 N–H and O–H groups in total. The van der Waals surface area contributed by atoms with E-state index in [1.807, 2.05) is 24.3 Å². The molecule has 2 rings (SSSR count). The van der Waals surface area contributed by atoms with Gasteiger partial charge in [-0.25, -0.2) is 0 Å². The van der Waals surface area contributed by atoms with E-state index < -0.39 is 0 Å². The third kappa shape index (κ3) is 3.32. The molecule has 0 amide bonds. The van der Waals surface area contributed by atoms with Crippen LogP contribution in [0.2, 0.25) is 0 Å². The summed E-state index contributed by atoms with van der Waals surface area (Å²) in [5.74, 6) is 1.95. The van der Waals surface area contributed by atoms with Gasteiger partial charge in [0.15, 0.2) is 0 Å². The van der Waals surface area contributed by atoms with E-state index in [9.17, 15) is 0 Å². The van der Waals surface area contributed by atoms with Gasteiger partial charge in [0.25, 0.3) is 0 Å². The number of hydrogen-bond donors (Lipinski definition) is 0. The molecule has 5 nitrogen and oxygen atoms in total. The lowest BCUT2D eigenvalue weighted by molar-refractivity contribution is 0.264. The minimum atomic E-state index is 0.529. The molecule has 0 fully saturated rings. The molecule has 0 aliphatic carbocycles. The monoisotopic (exact) mass is 261 g/mol. The average Bonchev–Trinajstić information content (AvgIpc) is 2.93. The molecule has 2 aromatic rings. The first-order chi connectivity index (χ1) is 9.26. The summed E-state index contributed by atoms with van der Waals surface area (Å²) in [6.07, 6.45) is 0. The average molecular weight is 261 g/mol. The molecule has 0 spiro atoms. The van der Waals surface area contributed by atoms with Crippen LogP contribution in [0.3, 0.4) is 0 Å². The summed E-state index contributed by atoms with van der Waals surface area (Å²) in [4.78, 5) is 2.23. The summed E-state index contributed by atoms with van der Waals surface area (Å²) in [7, 11) is 1.64. The molecule has 1 aromatic carbocycles. The van der Waals surface area contributed by atoms with Gasteiger partial charge in [0.2, 0.25) is 11.8 Å². The van der Waals surface area contributed by atoms with Crippen molar-refractivity contribution in [3.8, 4) is 17.2 Å². The number of ether oxygens (including phenoxy) is 1. The van der Waals surface area contributed by atoms with Crippen LogP contribution in [0, 0.1) is 0 Å². The highest BCUT2D eigenvalue weighted by Gasteiger charge is 2.11. The number of rotatable bonds is 6. The Bertz CT molecular complexity index is 521. The first-order valence-corrected chi connectivity index (χ1v) is 6.46. The van der Waals surface area contributed by atoms with Gasteiger partial charge in [-0.05, 0) is 31.3 Å². The van der Waals surface area contributed by atoms with Gasteiger partial charge in [0.05, 0.1) is 13.7 Å². The molecule has 0 atom stereocenters. The number of aromatic nitrogens is 2. The summed E-state index contributed by atoms with van der Waals surface area (Å²) in [5, 5.41) is 8.17. The minimum absolute atomic E-state index is 0.529. The lowest BCUT2D eigenvalue weighted by Gasteiger charge is -2.14. The molecule has 5 heteroatoms. The van der Waals surface area contributed by atoms with Crippen molar-refractivity contribution >= 4 is 0 Å². The van der Waals surface area contributed by atoms with Crippen LogP contribution in [0.4, 0.5) is 0 Å². The highest BCUT2D eigenvalue weighted by atomic mass is 16.5. The van der Waals surface area contributed by atoms with Gasteiger partial charge >= 0.3 is 0 Å². The van der Waals surface area contributed by atoms with Gasteiger partial charge < -0.3 is 9.15 Å². The maximum atomic E-state index is 5.68. The van der Waals surface area contributed by atoms with E-state index >= 15 is 0 Å². The fourth-order valence-electron chi connectivity index (χ4n) is 1.83. The molecule has 1 aromatic heterocycles. The van der Waals surface area contributed by atoms with Crippen molar-refractivity contribution in [1.82, 2.24) is 15.1 Å². The first-order valence-electron chi connectivity index (χ1n) is 6.46. The van der Waals surface area contributed by atoms with Crippen molar-refractivity contribution in [3.05, 3.63) is 30.2 Å².